The van der Waals surface area contributed by atoms with Crippen LogP contribution in [0.2, 0.25) is 0 Å². The molecular formula is C18H20N2O. The molecule has 2 heterocycles. The van der Waals surface area contributed by atoms with Gasteiger partial charge in [0, 0.05) is 19.6 Å². The molecular weight excluding hydrogens is 260 g/mol. The molecule has 0 saturated heterocycles. The Labute approximate surface area is 125 Å². The van der Waals surface area contributed by atoms with Crippen LogP contribution in [0.25, 0.3) is 0 Å². The molecule has 0 aromatic heterocycles. The summed E-state index contributed by atoms with van der Waals surface area (Å²) in [6, 6.07) is 17.0. The fraction of sp³-hybridized carbons (Fsp3) is 0.333. The summed E-state index contributed by atoms with van der Waals surface area (Å²) in [7, 11) is 0. The SMILES string of the molecule is c1ccc2c(c1)CCN(CC1CNc3ccccc3O1)C2. The first-order valence-corrected chi connectivity index (χ1v) is 7.67. The lowest BCUT2D eigenvalue weighted by Gasteiger charge is -2.34. The van der Waals surface area contributed by atoms with Crippen LogP contribution in [0.1, 0.15) is 11.1 Å². The standard InChI is InChI=1S/C18H20N2O/c1-2-6-15-12-20(10-9-14(15)5-1)13-16-11-19-17-7-3-4-8-18(17)21-16/h1-8,16,19H,9-13H2. The van der Waals surface area contributed by atoms with E-state index >= 15 is 0 Å². The molecule has 1 N–H and O–H groups in total. The minimum atomic E-state index is 0.227. The summed E-state index contributed by atoms with van der Waals surface area (Å²) in [4.78, 5) is 2.50. The van der Waals surface area contributed by atoms with Crippen molar-refractivity contribution in [1.29, 1.82) is 0 Å². The molecule has 2 aliphatic rings. The minimum Gasteiger partial charge on any atom is -0.485 e. The van der Waals surface area contributed by atoms with Gasteiger partial charge < -0.3 is 10.1 Å². The number of hydrogen-bond donors (Lipinski definition) is 1. The van der Waals surface area contributed by atoms with E-state index in [9.17, 15) is 0 Å². The van der Waals surface area contributed by atoms with Crippen LogP contribution in [0.5, 0.6) is 5.75 Å². The largest absolute Gasteiger partial charge is 0.485 e. The monoisotopic (exact) mass is 280 g/mol. The molecule has 2 aromatic rings. The lowest BCUT2D eigenvalue weighted by molar-refractivity contribution is 0.128. The third-order valence-electron chi connectivity index (χ3n) is 4.37. The number of rotatable bonds is 2. The summed E-state index contributed by atoms with van der Waals surface area (Å²) in [5.41, 5.74) is 4.08. The van der Waals surface area contributed by atoms with Gasteiger partial charge in [0.15, 0.2) is 0 Å². The summed E-state index contributed by atoms with van der Waals surface area (Å²) >= 11 is 0. The maximum absolute atomic E-state index is 6.12. The van der Waals surface area contributed by atoms with Crippen molar-refractivity contribution >= 4 is 5.69 Å². The molecule has 0 bridgehead atoms. The molecule has 0 amide bonds. The van der Waals surface area contributed by atoms with Gasteiger partial charge in [0.2, 0.25) is 0 Å². The van der Waals surface area contributed by atoms with Gasteiger partial charge in [0.25, 0.3) is 0 Å². The second kappa shape index (κ2) is 5.41. The summed E-state index contributed by atoms with van der Waals surface area (Å²) in [5, 5.41) is 3.47. The van der Waals surface area contributed by atoms with E-state index in [1.807, 2.05) is 18.2 Å². The molecule has 0 saturated carbocycles. The van der Waals surface area contributed by atoms with E-state index in [-0.39, 0.29) is 6.10 Å². The van der Waals surface area contributed by atoms with E-state index in [1.165, 1.54) is 11.1 Å². The molecule has 3 nitrogen and oxygen atoms in total. The van der Waals surface area contributed by atoms with Gasteiger partial charge in [-0.15, -0.1) is 0 Å². The highest BCUT2D eigenvalue weighted by molar-refractivity contribution is 5.57. The topological polar surface area (TPSA) is 24.5 Å². The fourth-order valence-electron chi connectivity index (χ4n) is 3.26. The Morgan fingerprint density at radius 1 is 1.05 bits per heavy atom. The van der Waals surface area contributed by atoms with Crippen molar-refractivity contribution in [2.45, 2.75) is 19.1 Å². The Hall–Kier alpha value is -2.00. The van der Waals surface area contributed by atoms with E-state index < -0.39 is 0 Å². The number of anilines is 1. The second-order valence-electron chi connectivity index (χ2n) is 5.87. The first kappa shape index (κ1) is 12.7. The quantitative estimate of drug-likeness (QED) is 0.915. The Morgan fingerprint density at radius 3 is 2.81 bits per heavy atom. The maximum atomic E-state index is 6.12. The highest BCUT2D eigenvalue weighted by Gasteiger charge is 2.23. The molecule has 0 aliphatic carbocycles. The number of nitrogens with zero attached hydrogens (tertiary/aromatic N) is 1. The predicted octanol–water partition coefficient (Wildman–Crippen LogP) is 2.92. The van der Waals surface area contributed by atoms with Crippen LogP contribution in [-0.4, -0.2) is 30.6 Å². The molecule has 3 heteroatoms. The Bertz CT molecular complexity index is 585. The van der Waals surface area contributed by atoms with Crippen molar-refractivity contribution in [3.8, 4) is 5.75 Å². The summed E-state index contributed by atoms with van der Waals surface area (Å²) in [5.74, 6) is 0.978. The van der Waals surface area contributed by atoms with E-state index in [0.29, 0.717) is 0 Å². The van der Waals surface area contributed by atoms with Gasteiger partial charge in [-0.2, -0.15) is 0 Å². The van der Waals surface area contributed by atoms with Crippen LogP contribution in [-0.2, 0) is 13.0 Å². The zero-order valence-electron chi connectivity index (χ0n) is 12.1. The van der Waals surface area contributed by atoms with E-state index in [1.54, 1.807) is 0 Å². The molecule has 2 aliphatic heterocycles. The zero-order valence-corrected chi connectivity index (χ0v) is 12.1. The van der Waals surface area contributed by atoms with E-state index in [4.69, 9.17) is 4.74 Å². The molecule has 0 fully saturated rings. The zero-order chi connectivity index (χ0) is 14.1. The molecule has 1 atom stereocenters. The number of hydrogen-bond acceptors (Lipinski definition) is 3. The first-order valence-electron chi connectivity index (χ1n) is 7.67. The Balaban J connectivity index is 1.42. The average Bonchev–Trinajstić information content (AvgIpc) is 2.55. The first-order chi connectivity index (χ1) is 10.4. The molecule has 4 rings (SSSR count). The van der Waals surface area contributed by atoms with Crippen LogP contribution in [0.3, 0.4) is 0 Å². The van der Waals surface area contributed by atoms with E-state index in [0.717, 1.165) is 44.0 Å². The lowest BCUT2D eigenvalue weighted by Crippen LogP contribution is -2.43. The number of para-hydroxylation sites is 2. The number of nitrogens with one attached hydrogen (secondary N) is 1. The number of fused-ring (bicyclic) bond motifs is 2. The van der Waals surface area contributed by atoms with Crippen molar-refractivity contribution < 1.29 is 4.74 Å². The van der Waals surface area contributed by atoms with Crippen LogP contribution < -0.4 is 10.1 Å². The van der Waals surface area contributed by atoms with Crippen LogP contribution >= 0.6 is 0 Å². The number of benzene rings is 2. The Kier molecular flexibility index (Phi) is 3.28. The maximum Gasteiger partial charge on any atom is 0.142 e. The third-order valence-corrected chi connectivity index (χ3v) is 4.37. The highest BCUT2D eigenvalue weighted by Crippen LogP contribution is 2.29. The van der Waals surface area contributed by atoms with Gasteiger partial charge in [-0.1, -0.05) is 36.4 Å². The van der Waals surface area contributed by atoms with Crippen molar-refractivity contribution in [3.63, 3.8) is 0 Å². The summed E-state index contributed by atoms with van der Waals surface area (Å²) < 4.78 is 6.12. The van der Waals surface area contributed by atoms with Gasteiger partial charge >= 0.3 is 0 Å². The summed E-state index contributed by atoms with van der Waals surface area (Å²) in [6.07, 6.45) is 1.37. The third kappa shape index (κ3) is 2.61. The van der Waals surface area contributed by atoms with Gasteiger partial charge in [-0.25, -0.2) is 0 Å². The van der Waals surface area contributed by atoms with E-state index in [2.05, 4.69) is 40.5 Å². The number of ether oxygens (including phenoxy) is 1. The second-order valence-corrected chi connectivity index (χ2v) is 5.87. The smallest absolute Gasteiger partial charge is 0.142 e. The van der Waals surface area contributed by atoms with Crippen LogP contribution in [0.4, 0.5) is 5.69 Å². The van der Waals surface area contributed by atoms with Crippen LogP contribution in [0.15, 0.2) is 48.5 Å². The lowest BCUT2D eigenvalue weighted by atomic mass is 9.99. The van der Waals surface area contributed by atoms with Crippen molar-refractivity contribution in [3.05, 3.63) is 59.7 Å². The normalized spacial score (nSPS) is 20.9. The predicted molar refractivity (Wildman–Crippen MR) is 84.8 cm³/mol. The van der Waals surface area contributed by atoms with Crippen LogP contribution in [0, 0.1) is 0 Å². The molecule has 2 aromatic carbocycles. The molecule has 0 spiro atoms. The van der Waals surface area contributed by atoms with Gasteiger partial charge in [0.05, 0.1) is 12.2 Å². The minimum absolute atomic E-state index is 0.227. The average molecular weight is 280 g/mol. The molecule has 1 unspecified atom stereocenters. The van der Waals surface area contributed by atoms with Gasteiger partial charge in [-0.3, -0.25) is 4.90 Å². The summed E-state index contributed by atoms with van der Waals surface area (Å²) in [6.45, 7) is 4.03. The van der Waals surface area contributed by atoms with Crippen molar-refractivity contribution in [2.75, 3.05) is 25.0 Å². The van der Waals surface area contributed by atoms with Gasteiger partial charge in [-0.05, 0) is 29.7 Å². The molecule has 108 valence electrons. The van der Waals surface area contributed by atoms with Crippen molar-refractivity contribution in [1.82, 2.24) is 4.90 Å². The Morgan fingerprint density at radius 2 is 1.86 bits per heavy atom. The molecule has 0 radical (unpaired) electrons. The highest BCUT2D eigenvalue weighted by atomic mass is 16.5. The van der Waals surface area contributed by atoms with Gasteiger partial charge in [0.1, 0.15) is 11.9 Å². The molecule has 21 heavy (non-hydrogen) atoms. The van der Waals surface area contributed by atoms with Crippen molar-refractivity contribution in [2.24, 2.45) is 0 Å². The fourth-order valence-corrected chi connectivity index (χ4v) is 3.26.